The smallest absolute Gasteiger partial charge is 0.432 e. The largest absolute Gasteiger partial charge is 0.511 e. The molecule has 2 aromatic carbocycles. The number of aromatic nitrogens is 6. The monoisotopic (exact) mass is 732 g/mol. The van der Waals surface area contributed by atoms with Crippen molar-refractivity contribution in [3.05, 3.63) is 91.0 Å². The number of imidazole rings is 1. The Kier molecular flexibility index (Phi) is 13.9. The van der Waals surface area contributed by atoms with E-state index in [2.05, 4.69) is 35.3 Å². The Labute approximate surface area is 294 Å². The maximum atomic E-state index is 13.3. The number of hydrogen-bond donors (Lipinski definition) is 1. The van der Waals surface area contributed by atoms with Crippen molar-refractivity contribution in [1.29, 1.82) is 0 Å². The molecule has 2 atom stereocenters. The van der Waals surface area contributed by atoms with Gasteiger partial charge in [0, 0.05) is 25.5 Å². The molecule has 4 rings (SSSR count). The minimum Gasteiger partial charge on any atom is -0.432 e. The Bertz CT molecular complexity index is 1770. The van der Waals surface area contributed by atoms with Crippen molar-refractivity contribution in [2.75, 3.05) is 26.4 Å². The molecule has 0 aliphatic rings. The van der Waals surface area contributed by atoms with E-state index in [0.717, 1.165) is 35.1 Å². The zero-order valence-electron chi connectivity index (χ0n) is 27.3. The second kappa shape index (κ2) is 18.8. The summed E-state index contributed by atoms with van der Waals surface area (Å²) in [7, 11) is 0. The quantitative estimate of drug-likeness (QED) is 0.0439. The lowest BCUT2D eigenvalue weighted by Gasteiger charge is -2.16. The predicted molar refractivity (Wildman–Crippen MR) is 173 cm³/mol. The Balaban J connectivity index is 1.36. The van der Waals surface area contributed by atoms with Gasteiger partial charge in [-0.15, -0.1) is 25.3 Å². The Morgan fingerprint density at radius 2 is 1.75 bits per heavy atom. The summed E-state index contributed by atoms with van der Waals surface area (Å²) < 4.78 is 21.9. The molecule has 0 amide bonds. The van der Waals surface area contributed by atoms with Gasteiger partial charge >= 0.3 is 12.1 Å². The van der Waals surface area contributed by atoms with E-state index in [1.54, 1.807) is 4.57 Å². The number of halogens is 1. The molecule has 2 unspecified atom stereocenters. The van der Waals surface area contributed by atoms with E-state index in [9.17, 15) is 29.8 Å². The normalized spacial score (nSPS) is 12.1. The molecule has 0 spiro atoms. The molecule has 0 aliphatic heterocycles. The first-order chi connectivity index (χ1) is 24.5. The summed E-state index contributed by atoms with van der Waals surface area (Å²) in [5.74, 6) is 0.214. The number of nitrogens with one attached hydrogen (secondary N) is 1. The van der Waals surface area contributed by atoms with Gasteiger partial charge in [-0.3, -0.25) is 0 Å². The fourth-order valence-corrected chi connectivity index (χ4v) is 4.99. The van der Waals surface area contributed by atoms with Crippen LogP contribution in [0.15, 0.2) is 48.5 Å². The van der Waals surface area contributed by atoms with Crippen molar-refractivity contribution in [2.24, 2.45) is 0 Å². The molecule has 0 fully saturated rings. The molecular formula is C30H33ClN8O12. The van der Waals surface area contributed by atoms with E-state index in [1.807, 2.05) is 55.5 Å². The van der Waals surface area contributed by atoms with Gasteiger partial charge in [0.15, 0.2) is 22.8 Å². The van der Waals surface area contributed by atoms with Crippen LogP contribution in [-0.2, 0) is 41.6 Å². The molecule has 20 nitrogen and oxygen atoms in total. The number of tetrazole rings is 1. The van der Waals surface area contributed by atoms with Crippen LogP contribution in [0.3, 0.4) is 0 Å². The van der Waals surface area contributed by atoms with E-state index >= 15 is 0 Å². The van der Waals surface area contributed by atoms with Gasteiger partial charge in [0.2, 0.25) is 6.29 Å². The molecule has 0 radical (unpaired) electrons. The van der Waals surface area contributed by atoms with Gasteiger partial charge < -0.3 is 33.2 Å². The molecule has 0 saturated heterocycles. The molecule has 2 aromatic heterocycles. The van der Waals surface area contributed by atoms with E-state index in [-0.39, 0.29) is 30.6 Å². The zero-order chi connectivity index (χ0) is 36.8. The van der Waals surface area contributed by atoms with E-state index in [1.165, 1.54) is 6.92 Å². The summed E-state index contributed by atoms with van der Waals surface area (Å²) in [5.41, 5.74) is 3.47. The first-order valence-corrected chi connectivity index (χ1v) is 15.8. The van der Waals surface area contributed by atoms with Gasteiger partial charge in [-0.05, 0) is 33.5 Å². The van der Waals surface area contributed by atoms with Crippen molar-refractivity contribution < 1.29 is 48.4 Å². The number of nitrogens with zero attached hydrogens (tertiary/aromatic N) is 7. The number of hydrogen-bond acceptors (Lipinski definition) is 16. The van der Waals surface area contributed by atoms with Gasteiger partial charge in [-0.25, -0.2) is 19.7 Å². The van der Waals surface area contributed by atoms with Gasteiger partial charge in [0.05, 0.1) is 13.2 Å². The number of ether oxygens (including phenoxy) is 4. The Morgan fingerprint density at radius 3 is 2.41 bits per heavy atom. The number of benzene rings is 2. The molecule has 51 heavy (non-hydrogen) atoms. The summed E-state index contributed by atoms with van der Waals surface area (Å²) >= 11 is 6.45. The van der Waals surface area contributed by atoms with E-state index < -0.39 is 47.9 Å². The molecule has 21 heteroatoms. The summed E-state index contributed by atoms with van der Waals surface area (Å²) in [5, 5.41) is 32.6. The van der Waals surface area contributed by atoms with Crippen LogP contribution in [0.2, 0.25) is 5.15 Å². The van der Waals surface area contributed by atoms with Crippen molar-refractivity contribution >= 4 is 23.7 Å². The van der Waals surface area contributed by atoms with Crippen LogP contribution in [0, 0.1) is 20.2 Å². The third-order valence-corrected chi connectivity index (χ3v) is 7.24. The maximum Gasteiger partial charge on any atom is 0.511 e. The number of carbonyl (C=O) groups excluding carboxylic acids is 2. The lowest BCUT2D eigenvalue weighted by atomic mass is 9.98. The van der Waals surface area contributed by atoms with Crippen LogP contribution in [0.25, 0.3) is 22.5 Å². The second-order valence-corrected chi connectivity index (χ2v) is 10.9. The summed E-state index contributed by atoms with van der Waals surface area (Å²) in [4.78, 5) is 59.0. The van der Waals surface area contributed by atoms with Crippen molar-refractivity contribution in [2.45, 2.75) is 52.0 Å². The molecule has 0 bridgehead atoms. The highest BCUT2D eigenvalue weighted by atomic mass is 35.5. The molecule has 2 heterocycles. The minimum absolute atomic E-state index is 0.0280. The molecule has 272 valence electrons. The van der Waals surface area contributed by atoms with E-state index in [4.69, 9.17) is 30.5 Å². The summed E-state index contributed by atoms with van der Waals surface area (Å²) in [6.45, 7) is 1.67. The number of unbranched alkanes of at least 4 members (excludes halogenated alkanes) is 1. The number of aromatic amines is 1. The first kappa shape index (κ1) is 37.9. The second-order valence-electron chi connectivity index (χ2n) is 10.6. The molecule has 1 N–H and O–H groups in total. The highest BCUT2D eigenvalue weighted by Gasteiger charge is 2.26. The van der Waals surface area contributed by atoms with Crippen molar-refractivity contribution in [3.8, 4) is 22.5 Å². The lowest BCUT2D eigenvalue weighted by molar-refractivity contribution is -0.790. The zero-order valence-corrected chi connectivity index (χ0v) is 28.1. The summed E-state index contributed by atoms with van der Waals surface area (Å²) in [6, 6.07) is 15.4. The first-order valence-electron chi connectivity index (χ1n) is 15.4. The number of H-pyrrole nitrogens is 1. The van der Waals surface area contributed by atoms with Crippen LogP contribution >= 0.6 is 11.6 Å². The minimum atomic E-state index is -1.40. The van der Waals surface area contributed by atoms with Gasteiger partial charge in [-0.1, -0.05) is 73.5 Å². The number of aryl methyl sites for hydroxylation is 1. The third kappa shape index (κ3) is 11.3. The average Bonchev–Trinajstić information content (AvgIpc) is 3.74. The Hall–Kier alpha value is -5.89. The fraction of sp³-hybridized carbons (Fsp3) is 0.400. The average molecular weight is 733 g/mol. The standard InChI is InChI=1S/C30H33ClN8O12/c1-3-4-9-25-32-27(31)26(29(40)49-19(2)50-30(41)47-15-14-46-17-22(51-39(44)45)18-48-38(42)43)37(25)16-20-10-12-21(13-11-20)23-7-5-6-8-24(23)28-33-35-36-34-28/h5-8,10-13,19,22H,3-4,9,14-18H2,1-2H3,(H,33,34,35,36). The van der Waals surface area contributed by atoms with Gasteiger partial charge in [0.25, 0.3) is 10.2 Å². The molecular weight excluding hydrogens is 700 g/mol. The third-order valence-electron chi connectivity index (χ3n) is 6.97. The lowest BCUT2D eigenvalue weighted by Crippen LogP contribution is -2.30. The maximum absolute atomic E-state index is 13.3. The van der Waals surface area contributed by atoms with Crippen molar-refractivity contribution in [3.63, 3.8) is 0 Å². The number of rotatable bonds is 20. The number of carbonyl (C=O) groups is 2. The van der Waals surface area contributed by atoms with Crippen LogP contribution in [0.1, 0.15) is 48.6 Å². The topological polar surface area (TPSA) is 248 Å². The van der Waals surface area contributed by atoms with Crippen LogP contribution in [0.5, 0.6) is 0 Å². The molecule has 0 saturated carbocycles. The number of esters is 1. The highest BCUT2D eigenvalue weighted by molar-refractivity contribution is 6.32. The van der Waals surface area contributed by atoms with Crippen LogP contribution in [-0.4, -0.2) is 91.3 Å². The predicted octanol–water partition coefficient (Wildman–Crippen LogP) is 4.23. The Morgan fingerprint density at radius 1 is 1.00 bits per heavy atom. The van der Waals surface area contributed by atoms with Crippen LogP contribution < -0.4 is 0 Å². The van der Waals surface area contributed by atoms with Gasteiger partial charge in [0.1, 0.15) is 19.0 Å². The van der Waals surface area contributed by atoms with Crippen LogP contribution in [0.4, 0.5) is 4.79 Å². The molecule has 0 aliphatic carbocycles. The summed E-state index contributed by atoms with van der Waals surface area (Å²) in [6.07, 6.45) is -1.80. The highest BCUT2D eigenvalue weighted by Crippen LogP contribution is 2.30. The van der Waals surface area contributed by atoms with Crippen molar-refractivity contribution in [1.82, 2.24) is 30.2 Å². The SMILES string of the molecule is CCCCc1nc(Cl)c(C(=O)OC(C)OC(=O)OCCOCC(CO[N+](=O)[O-])O[N+](=O)[O-])n1Cc1ccc(-c2ccccc2-c2nnn[nH]2)cc1. The molecule has 4 aromatic rings. The van der Waals surface area contributed by atoms with Gasteiger partial charge in [-0.2, -0.15) is 0 Å². The fourth-order valence-electron chi connectivity index (χ4n) is 4.72. The van der Waals surface area contributed by atoms with E-state index in [0.29, 0.717) is 18.1 Å².